The topological polar surface area (TPSA) is 64.2 Å². The van der Waals surface area contributed by atoms with Crippen LogP contribution < -0.4 is 5.76 Å². The second-order valence-electron chi connectivity index (χ2n) is 6.07. The molecule has 0 bridgehead atoms. The maximum atomic E-state index is 12.1. The fraction of sp³-hybridized carbons (Fsp3) is 0.353. The average Bonchev–Trinajstić information content (AvgIpc) is 2.91. The summed E-state index contributed by atoms with van der Waals surface area (Å²) >= 11 is 0. The van der Waals surface area contributed by atoms with E-state index in [1.54, 1.807) is 18.5 Å². The molecule has 0 radical (unpaired) electrons. The first-order valence-corrected chi connectivity index (χ1v) is 7.84. The maximum absolute atomic E-state index is 12.1. The molecule has 0 N–H and O–H groups in total. The molecule has 1 fully saturated rings. The van der Waals surface area contributed by atoms with Crippen molar-refractivity contribution in [2.24, 2.45) is 0 Å². The molecule has 4 rings (SSSR count). The van der Waals surface area contributed by atoms with E-state index in [2.05, 4.69) is 21.9 Å². The Morgan fingerprint density at radius 3 is 2.87 bits per heavy atom. The molecule has 1 aromatic carbocycles. The predicted octanol–water partition coefficient (Wildman–Crippen LogP) is 2.18. The first kappa shape index (κ1) is 14.1. The molecule has 3 aromatic rings. The van der Waals surface area contributed by atoms with Crippen molar-refractivity contribution in [1.29, 1.82) is 0 Å². The molecule has 0 amide bonds. The predicted molar refractivity (Wildman–Crippen MR) is 86.9 cm³/mol. The summed E-state index contributed by atoms with van der Waals surface area (Å²) < 4.78 is 6.70. The summed E-state index contributed by atoms with van der Waals surface area (Å²) in [7, 11) is 2.13. The standard InChI is InChI=1S/C17H18N4O2/c1-20-8-4-5-12(11-20)13-9-19-16(10-18-13)21-14-6-2-3-7-15(14)23-17(21)22/h2-3,6-7,9-10,12H,4-5,8,11H2,1H3. The number of likely N-dealkylation sites (tertiary alicyclic amines) is 1. The van der Waals surface area contributed by atoms with Gasteiger partial charge in [0, 0.05) is 12.5 Å². The van der Waals surface area contributed by atoms with E-state index in [1.807, 2.05) is 18.2 Å². The summed E-state index contributed by atoms with van der Waals surface area (Å²) in [4.78, 5) is 23.4. The molecule has 1 saturated heterocycles. The van der Waals surface area contributed by atoms with Gasteiger partial charge in [-0.3, -0.25) is 4.98 Å². The minimum atomic E-state index is -0.439. The summed E-state index contributed by atoms with van der Waals surface area (Å²) in [5.41, 5.74) is 2.25. The van der Waals surface area contributed by atoms with E-state index in [-0.39, 0.29) is 0 Å². The molecule has 0 spiro atoms. The van der Waals surface area contributed by atoms with Gasteiger partial charge in [0.25, 0.3) is 0 Å². The summed E-state index contributed by atoms with van der Waals surface area (Å²) in [6.45, 7) is 2.14. The number of benzene rings is 1. The van der Waals surface area contributed by atoms with Gasteiger partial charge in [0.05, 0.1) is 23.6 Å². The maximum Gasteiger partial charge on any atom is 0.425 e. The molecule has 0 saturated carbocycles. The van der Waals surface area contributed by atoms with Gasteiger partial charge in [-0.15, -0.1) is 0 Å². The van der Waals surface area contributed by atoms with Gasteiger partial charge in [0.2, 0.25) is 0 Å². The van der Waals surface area contributed by atoms with Crippen molar-refractivity contribution in [3.8, 4) is 5.82 Å². The molecular weight excluding hydrogens is 292 g/mol. The fourth-order valence-electron chi connectivity index (χ4n) is 3.25. The first-order valence-electron chi connectivity index (χ1n) is 7.84. The molecular formula is C17H18N4O2. The van der Waals surface area contributed by atoms with Crippen molar-refractivity contribution in [1.82, 2.24) is 19.4 Å². The molecule has 118 valence electrons. The van der Waals surface area contributed by atoms with Crippen LogP contribution in [-0.4, -0.2) is 39.6 Å². The van der Waals surface area contributed by atoms with Gasteiger partial charge in [-0.2, -0.15) is 0 Å². The normalized spacial score (nSPS) is 19.3. The molecule has 1 atom stereocenters. The van der Waals surface area contributed by atoms with Crippen LogP contribution in [0.4, 0.5) is 0 Å². The van der Waals surface area contributed by atoms with Crippen LogP contribution in [-0.2, 0) is 0 Å². The lowest BCUT2D eigenvalue weighted by molar-refractivity contribution is 0.248. The van der Waals surface area contributed by atoms with Crippen molar-refractivity contribution in [2.45, 2.75) is 18.8 Å². The Morgan fingerprint density at radius 1 is 1.22 bits per heavy atom. The van der Waals surface area contributed by atoms with Crippen LogP contribution in [0.1, 0.15) is 24.5 Å². The van der Waals surface area contributed by atoms with Gasteiger partial charge >= 0.3 is 5.76 Å². The highest BCUT2D eigenvalue weighted by Gasteiger charge is 2.20. The zero-order chi connectivity index (χ0) is 15.8. The molecule has 0 aliphatic carbocycles. The van der Waals surface area contributed by atoms with Crippen LogP contribution in [0, 0.1) is 0 Å². The number of nitrogens with zero attached hydrogens (tertiary/aromatic N) is 4. The minimum Gasteiger partial charge on any atom is -0.407 e. The third-order valence-corrected chi connectivity index (χ3v) is 4.42. The van der Waals surface area contributed by atoms with Crippen LogP contribution in [0.2, 0.25) is 0 Å². The SMILES string of the molecule is CN1CCCC(c2cnc(-n3c(=O)oc4ccccc43)cn2)C1. The molecule has 3 heterocycles. The zero-order valence-electron chi connectivity index (χ0n) is 13.0. The fourth-order valence-corrected chi connectivity index (χ4v) is 3.25. The summed E-state index contributed by atoms with van der Waals surface area (Å²) in [6, 6.07) is 7.32. The van der Waals surface area contributed by atoms with Gasteiger partial charge in [0.15, 0.2) is 11.4 Å². The van der Waals surface area contributed by atoms with E-state index >= 15 is 0 Å². The number of rotatable bonds is 2. The van der Waals surface area contributed by atoms with Gasteiger partial charge in [-0.1, -0.05) is 12.1 Å². The minimum absolute atomic E-state index is 0.410. The van der Waals surface area contributed by atoms with Gasteiger partial charge in [-0.25, -0.2) is 14.3 Å². The lowest BCUT2D eigenvalue weighted by Gasteiger charge is -2.29. The number of hydrogen-bond acceptors (Lipinski definition) is 5. The number of oxazole rings is 1. The summed E-state index contributed by atoms with van der Waals surface area (Å²) in [6.07, 6.45) is 5.75. The van der Waals surface area contributed by atoms with E-state index in [0.29, 0.717) is 22.8 Å². The second-order valence-corrected chi connectivity index (χ2v) is 6.07. The van der Waals surface area contributed by atoms with Crippen LogP contribution in [0.15, 0.2) is 45.9 Å². The molecule has 6 heteroatoms. The Hall–Kier alpha value is -2.47. The zero-order valence-corrected chi connectivity index (χ0v) is 13.0. The van der Waals surface area contributed by atoms with Gasteiger partial charge < -0.3 is 9.32 Å². The first-order chi connectivity index (χ1) is 11.2. The smallest absolute Gasteiger partial charge is 0.407 e. The van der Waals surface area contributed by atoms with E-state index in [0.717, 1.165) is 25.2 Å². The molecule has 2 aromatic heterocycles. The second kappa shape index (κ2) is 5.62. The van der Waals surface area contributed by atoms with Crippen LogP contribution in [0.5, 0.6) is 0 Å². The van der Waals surface area contributed by atoms with Crippen LogP contribution in [0.25, 0.3) is 16.9 Å². The number of likely N-dealkylation sites (N-methyl/N-ethyl adjacent to an activating group) is 1. The Balaban J connectivity index is 1.70. The number of fused-ring (bicyclic) bond motifs is 1. The summed E-state index contributed by atoms with van der Waals surface area (Å²) in [5, 5.41) is 0. The van der Waals surface area contributed by atoms with E-state index in [4.69, 9.17) is 4.42 Å². The molecule has 1 aliphatic heterocycles. The molecule has 6 nitrogen and oxygen atoms in total. The highest BCUT2D eigenvalue weighted by Crippen LogP contribution is 2.24. The highest BCUT2D eigenvalue weighted by molar-refractivity contribution is 5.74. The number of para-hydroxylation sites is 2. The third kappa shape index (κ3) is 2.55. The molecule has 23 heavy (non-hydrogen) atoms. The Kier molecular flexibility index (Phi) is 3.46. The lowest BCUT2D eigenvalue weighted by atomic mass is 9.95. The monoisotopic (exact) mass is 310 g/mol. The van der Waals surface area contributed by atoms with Crippen LogP contribution in [0.3, 0.4) is 0 Å². The van der Waals surface area contributed by atoms with E-state index in [1.165, 1.54) is 11.0 Å². The van der Waals surface area contributed by atoms with Gasteiger partial charge in [-0.05, 0) is 38.6 Å². The molecule has 1 unspecified atom stereocenters. The largest absolute Gasteiger partial charge is 0.425 e. The van der Waals surface area contributed by atoms with E-state index < -0.39 is 5.76 Å². The quantitative estimate of drug-likeness (QED) is 0.726. The molecule has 1 aliphatic rings. The van der Waals surface area contributed by atoms with Gasteiger partial charge in [0.1, 0.15) is 0 Å². The number of aromatic nitrogens is 3. The Morgan fingerprint density at radius 2 is 2.09 bits per heavy atom. The Labute approximate surface area is 133 Å². The lowest BCUT2D eigenvalue weighted by Crippen LogP contribution is -2.31. The van der Waals surface area contributed by atoms with Crippen molar-refractivity contribution in [3.05, 3.63) is 52.9 Å². The summed E-state index contributed by atoms with van der Waals surface area (Å²) in [5.74, 6) is 0.464. The Bertz CT molecular complexity index is 881. The number of piperidine rings is 1. The highest BCUT2D eigenvalue weighted by atomic mass is 16.4. The van der Waals surface area contributed by atoms with Crippen molar-refractivity contribution in [2.75, 3.05) is 20.1 Å². The van der Waals surface area contributed by atoms with Crippen molar-refractivity contribution in [3.63, 3.8) is 0 Å². The van der Waals surface area contributed by atoms with Crippen molar-refractivity contribution < 1.29 is 4.42 Å². The van der Waals surface area contributed by atoms with Crippen LogP contribution >= 0.6 is 0 Å². The average molecular weight is 310 g/mol. The third-order valence-electron chi connectivity index (χ3n) is 4.42. The van der Waals surface area contributed by atoms with E-state index in [9.17, 15) is 4.79 Å². The van der Waals surface area contributed by atoms with Crippen molar-refractivity contribution >= 4 is 11.1 Å². The number of hydrogen-bond donors (Lipinski definition) is 0.